The van der Waals surface area contributed by atoms with Crippen LogP contribution in [0.1, 0.15) is 60.3 Å². The molecule has 0 heterocycles. The molecule has 0 aliphatic heterocycles. The highest BCUT2D eigenvalue weighted by Gasteiger charge is 2.19. The van der Waals surface area contributed by atoms with E-state index in [0.717, 1.165) is 32.2 Å². The molecule has 0 atom stereocenters. The summed E-state index contributed by atoms with van der Waals surface area (Å²) in [4.78, 5) is 14.1. The molecule has 0 spiro atoms. The van der Waals surface area contributed by atoms with Crippen LogP contribution >= 0.6 is 0 Å². The Bertz CT molecular complexity index is 213. The molecule has 0 unspecified atom stereocenters. The SMILES string of the molecule is CCCCOC(=O)CN(CC(C)C)C(CC)CC. The lowest BCUT2D eigenvalue weighted by molar-refractivity contribution is -0.145. The van der Waals surface area contributed by atoms with Gasteiger partial charge in [0.2, 0.25) is 0 Å². The van der Waals surface area contributed by atoms with Crippen LogP contribution in [0.4, 0.5) is 0 Å². The maximum Gasteiger partial charge on any atom is 0.320 e. The number of nitrogens with zero attached hydrogens (tertiary/aromatic N) is 1. The monoisotopic (exact) mass is 257 g/mol. The van der Waals surface area contributed by atoms with Gasteiger partial charge in [-0.2, -0.15) is 0 Å². The highest BCUT2D eigenvalue weighted by atomic mass is 16.5. The molecule has 0 saturated carbocycles. The lowest BCUT2D eigenvalue weighted by Gasteiger charge is -2.30. The van der Waals surface area contributed by atoms with E-state index in [4.69, 9.17) is 4.74 Å². The second-order valence-electron chi connectivity index (χ2n) is 5.37. The summed E-state index contributed by atoms with van der Waals surface area (Å²) < 4.78 is 5.25. The summed E-state index contributed by atoms with van der Waals surface area (Å²) in [5.74, 6) is 0.505. The second-order valence-corrected chi connectivity index (χ2v) is 5.37. The zero-order valence-corrected chi connectivity index (χ0v) is 12.9. The molecule has 0 rings (SSSR count). The molecule has 108 valence electrons. The van der Waals surface area contributed by atoms with Crippen LogP contribution in [0.3, 0.4) is 0 Å². The van der Waals surface area contributed by atoms with Crippen molar-refractivity contribution in [2.75, 3.05) is 19.7 Å². The van der Waals surface area contributed by atoms with Gasteiger partial charge in [0, 0.05) is 12.6 Å². The highest BCUT2D eigenvalue weighted by molar-refractivity contribution is 5.71. The van der Waals surface area contributed by atoms with Crippen LogP contribution in [-0.4, -0.2) is 36.6 Å². The van der Waals surface area contributed by atoms with Crippen molar-refractivity contribution in [3.8, 4) is 0 Å². The van der Waals surface area contributed by atoms with Crippen molar-refractivity contribution in [1.82, 2.24) is 4.90 Å². The van der Waals surface area contributed by atoms with E-state index in [2.05, 4.69) is 39.5 Å². The normalized spacial score (nSPS) is 11.6. The summed E-state index contributed by atoms with van der Waals surface area (Å²) in [6, 6.07) is 0.492. The molecule has 0 aromatic rings. The summed E-state index contributed by atoms with van der Waals surface area (Å²) in [5.41, 5.74) is 0. The van der Waals surface area contributed by atoms with Crippen molar-refractivity contribution >= 4 is 5.97 Å². The minimum absolute atomic E-state index is 0.0731. The van der Waals surface area contributed by atoms with E-state index in [1.807, 2.05) is 0 Å². The fourth-order valence-electron chi connectivity index (χ4n) is 2.16. The van der Waals surface area contributed by atoms with E-state index in [1.54, 1.807) is 0 Å². The molecule has 0 radical (unpaired) electrons. The molecule has 3 nitrogen and oxygen atoms in total. The minimum Gasteiger partial charge on any atom is -0.465 e. The third kappa shape index (κ3) is 7.70. The maximum absolute atomic E-state index is 11.8. The zero-order chi connectivity index (χ0) is 14.0. The molecule has 0 bridgehead atoms. The number of carbonyl (C=O) groups is 1. The summed E-state index contributed by atoms with van der Waals surface area (Å²) >= 11 is 0. The second kappa shape index (κ2) is 10.4. The fourth-order valence-corrected chi connectivity index (χ4v) is 2.16. The highest BCUT2D eigenvalue weighted by Crippen LogP contribution is 2.11. The smallest absolute Gasteiger partial charge is 0.320 e. The quantitative estimate of drug-likeness (QED) is 0.443. The van der Waals surface area contributed by atoms with E-state index in [1.165, 1.54) is 0 Å². The van der Waals surface area contributed by atoms with Crippen LogP contribution in [0.2, 0.25) is 0 Å². The van der Waals surface area contributed by atoms with Gasteiger partial charge in [-0.1, -0.05) is 41.0 Å². The third-order valence-corrected chi connectivity index (χ3v) is 3.15. The molecular formula is C15H31NO2. The molecule has 0 saturated heterocycles. The number of carbonyl (C=O) groups excluding carboxylic acids is 1. The summed E-state index contributed by atoms with van der Waals surface area (Å²) in [5, 5.41) is 0. The maximum atomic E-state index is 11.8. The van der Waals surface area contributed by atoms with Crippen LogP contribution in [0, 0.1) is 5.92 Å². The number of rotatable bonds is 10. The van der Waals surface area contributed by atoms with Crippen molar-refractivity contribution in [3.63, 3.8) is 0 Å². The molecule has 0 aromatic carbocycles. The van der Waals surface area contributed by atoms with Gasteiger partial charge in [0.1, 0.15) is 0 Å². The largest absolute Gasteiger partial charge is 0.465 e. The first kappa shape index (κ1) is 17.4. The molecular weight excluding hydrogens is 226 g/mol. The van der Waals surface area contributed by atoms with Gasteiger partial charge in [0.15, 0.2) is 0 Å². The van der Waals surface area contributed by atoms with Gasteiger partial charge >= 0.3 is 5.97 Å². The van der Waals surface area contributed by atoms with Crippen molar-refractivity contribution in [3.05, 3.63) is 0 Å². The van der Waals surface area contributed by atoms with E-state index < -0.39 is 0 Å². The van der Waals surface area contributed by atoms with E-state index in [9.17, 15) is 4.79 Å². The lowest BCUT2D eigenvalue weighted by atomic mass is 10.1. The Morgan fingerprint density at radius 1 is 1.17 bits per heavy atom. The van der Waals surface area contributed by atoms with Crippen molar-refractivity contribution in [2.45, 2.75) is 66.3 Å². The Kier molecular flexibility index (Phi) is 10.0. The molecule has 0 aliphatic carbocycles. The van der Waals surface area contributed by atoms with Crippen LogP contribution in [0.5, 0.6) is 0 Å². The molecule has 18 heavy (non-hydrogen) atoms. The van der Waals surface area contributed by atoms with E-state index in [0.29, 0.717) is 25.1 Å². The number of hydrogen-bond acceptors (Lipinski definition) is 3. The summed E-state index contributed by atoms with van der Waals surface area (Å²) in [7, 11) is 0. The number of unbranched alkanes of at least 4 members (excludes halogenated alkanes) is 1. The average Bonchev–Trinajstić information content (AvgIpc) is 2.30. The van der Waals surface area contributed by atoms with Gasteiger partial charge in [-0.15, -0.1) is 0 Å². The zero-order valence-electron chi connectivity index (χ0n) is 12.9. The van der Waals surface area contributed by atoms with E-state index in [-0.39, 0.29) is 5.97 Å². The van der Waals surface area contributed by atoms with Crippen LogP contribution in [0.25, 0.3) is 0 Å². The van der Waals surface area contributed by atoms with Gasteiger partial charge in [-0.25, -0.2) is 0 Å². The molecule has 0 amide bonds. The summed E-state index contributed by atoms with van der Waals surface area (Å²) in [6.45, 7) is 12.8. The van der Waals surface area contributed by atoms with Gasteiger partial charge in [-0.3, -0.25) is 9.69 Å². The third-order valence-electron chi connectivity index (χ3n) is 3.15. The predicted octanol–water partition coefficient (Wildman–Crippen LogP) is 3.48. The van der Waals surface area contributed by atoms with Gasteiger partial charge < -0.3 is 4.74 Å². The average molecular weight is 257 g/mol. The van der Waals surface area contributed by atoms with Crippen LogP contribution in [0.15, 0.2) is 0 Å². The fraction of sp³-hybridized carbons (Fsp3) is 0.933. The number of hydrogen-bond donors (Lipinski definition) is 0. The Morgan fingerprint density at radius 2 is 1.78 bits per heavy atom. The predicted molar refractivity (Wildman–Crippen MR) is 76.6 cm³/mol. The van der Waals surface area contributed by atoms with Crippen molar-refractivity contribution < 1.29 is 9.53 Å². The van der Waals surface area contributed by atoms with Gasteiger partial charge in [0.05, 0.1) is 13.2 Å². The Balaban J connectivity index is 4.25. The van der Waals surface area contributed by atoms with E-state index >= 15 is 0 Å². The van der Waals surface area contributed by atoms with Gasteiger partial charge in [-0.05, 0) is 25.2 Å². The molecule has 0 aromatic heterocycles. The van der Waals surface area contributed by atoms with Gasteiger partial charge in [0.25, 0.3) is 0 Å². The Labute approximate surface area is 113 Å². The molecule has 0 fully saturated rings. The topological polar surface area (TPSA) is 29.5 Å². The number of esters is 1. The first-order chi connectivity index (χ1) is 8.54. The van der Waals surface area contributed by atoms with Crippen LogP contribution < -0.4 is 0 Å². The Morgan fingerprint density at radius 3 is 2.22 bits per heavy atom. The summed E-state index contributed by atoms with van der Waals surface area (Å²) in [6.07, 6.45) is 4.20. The molecule has 3 heteroatoms. The van der Waals surface area contributed by atoms with Crippen LogP contribution in [-0.2, 0) is 9.53 Å². The first-order valence-electron chi connectivity index (χ1n) is 7.44. The van der Waals surface area contributed by atoms with Crippen molar-refractivity contribution in [2.24, 2.45) is 5.92 Å². The van der Waals surface area contributed by atoms with Crippen molar-refractivity contribution in [1.29, 1.82) is 0 Å². The first-order valence-corrected chi connectivity index (χ1v) is 7.44. The minimum atomic E-state index is -0.0731. The molecule has 0 N–H and O–H groups in total. The molecule has 0 aliphatic rings. The standard InChI is InChI=1S/C15H31NO2/c1-6-9-10-18-15(17)12-16(11-13(4)5)14(7-2)8-3/h13-14H,6-12H2,1-5H3. The number of ether oxygens (including phenoxy) is 1. The Hall–Kier alpha value is -0.570. The lowest BCUT2D eigenvalue weighted by Crippen LogP contribution is -2.41.